The summed E-state index contributed by atoms with van der Waals surface area (Å²) in [7, 11) is 0. The molecule has 0 amide bonds. The van der Waals surface area contributed by atoms with Crippen molar-refractivity contribution >= 4 is 11.9 Å². The molecule has 0 aliphatic heterocycles. The van der Waals surface area contributed by atoms with Crippen LogP contribution in [0.15, 0.2) is 0 Å². The number of unbranched alkanes of at least 4 members (excludes halogenated alkanes) is 26. The fourth-order valence-electron chi connectivity index (χ4n) is 6.06. The Labute approximate surface area is 262 Å². The average Bonchev–Trinajstić information content (AvgIpc) is 2.97. The van der Waals surface area contributed by atoms with E-state index in [4.69, 9.17) is 9.84 Å². The van der Waals surface area contributed by atoms with Crippen molar-refractivity contribution in [3.8, 4) is 0 Å². The van der Waals surface area contributed by atoms with Gasteiger partial charge in [0.15, 0.2) is 0 Å². The highest BCUT2D eigenvalue weighted by Gasteiger charge is 2.13. The topological polar surface area (TPSA) is 63.6 Å². The van der Waals surface area contributed by atoms with Crippen molar-refractivity contribution in [3.63, 3.8) is 0 Å². The molecule has 4 heteroatoms. The summed E-state index contributed by atoms with van der Waals surface area (Å²) in [5.41, 5.74) is 0. The minimum atomic E-state index is -0.667. The summed E-state index contributed by atoms with van der Waals surface area (Å²) >= 11 is 0. The number of hydrogen-bond acceptors (Lipinski definition) is 3. The minimum Gasteiger partial charge on any atom is -0.481 e. The van der Waals surface area contributed by atoms with Gasteiger partial charge in [0.05, 0.1) is 0 Å². The maximum atomic E-state index is 12.4. The number of rotatable bonds is 35. The molecule has 1 atom stereocenters. The average molecular weight is 595 g/mol. The van der Waals surface area contributed by atoms with E-state index in [1.165, 1.54) is 161 Å². The lowest BCUT2D eigenvalue weighted by atomic mass is 10.0. The Balaban J connectivity index is 3.50. The van der Waals surface area contributed by atoms with Crippen molar-refractivity contribution in [1.82, 2.24) is 0 Å². The first-order valence-electron chi connectivity index (χ1n) is 19.0. The highest BCUT2D eigenvalue weighted by atomic mass is 16.5. The first-order chi connectivity index (χ1) is 20.6. The van der Waals surface area contributed by atoms with Gasteiger partial charge in [0.25, 0.3) is 0 Å². The van der Waals surface area contributed by atoms with E-state index in [1.54, 1.807) is 0 Å². The number of hydrogen-bond donors (Lipinski definition) is 1. The molecule has 42 heavy (non-hydrogen) atoms. The molecule has 0 aromatic carbocycles. The van der Waals surface area contributed by atoms with E-state index >= 15 is 0 Å². The Morgan fingerprint density at radius 3 is 1.12 bits per heavy atom. The molecule has 250 valence electrons. The van der Waals surface area contributed by atoms with Gasteiger partial charge in [-0.3, -0.25) is 9.59 Å². The van der Waals surface area contributed by atoms with Gasteiger partial charge in [-0.05, 0) is 32.1 Å². The first-order valence-corrected chi connectivity index (χ1v) is 19.0. The monoisotopic (exact) mass is 595 g/mol. The number of carboxylic acids is 1. The lowest BCUT2D eigenvalue weighted by Gasteiger charge is -2.17. The van der Waals surface area contributed by atoms with Crippen molar-refractivity contribution in [2.75, 3.05) is 0 Å². The molecular weight excluding hydrogens is 520 g/mol. The third-order valence-corrected chi connectivity index (χ3v) is 8.81. The van der Waals surface area contributed by atoms with Gasteiger partial charge in [0, 0.05) is 12.8 Å². The number of aliphatic carboxylic acids is 1. The molecule has 0 aromatic heterocycles. The molecule has 0 bridgehead atoms. The second-order valence-corrected chi connectivity index (χ2v) is 13.1. The molecule has 0 aliphatic carbocycles. The van der Waals surface area contributed by atoms with E-state index in [-0.39, 0.29) is 12.1 Å². The van der Waals surface area contributed by atoms with Crippen LogP contribution in [-0.4, -0.2) is 23.1 Å². The molecule has 0 saturated carbocycles. The molecule has 1 N–H and O–H groups in total. The Hall–Kier alpha value is -1.06. The van der Waals surface area contributed by atoms with Crippen LogP contribution in [0.5, 0.6) is 0 Å². The summed E-state index contributed by atoms with van der Waals surface area (Å²) in [5.74, 6) is -0.636. The molecule has 0 rings (SSSR count). The molecule has 0 aromatic rings. The van der Waals surface area contributed by atoms with Crippen LogP contribution >= 0.6 is 0 Å². The molecule has 0 radical (unpaired) electrons. The predicted molar refractivity (Wildman–Crippen MR) is 181 cm³/mol. The first kappa shape index (κ1) is 40.9. The molecule has 4 nitrogen and oxygen atoms in total. The van der Waals surface area contributed by atoms with E-state index in [0.29, 0.717) is 12.8 Å². The van der Waals surface area contributed by atoms with Crippen molar-refractivity contribution in [3.05, 3.63) is 0 Å². The van der Waals surface area contributed by atoms with E-state index in [0.717, 1.165) is 38.5 Å². The number of carbonyl (C=O) groups is 2. The van der Waals surface area contributed by atoms with Gasteiger partial charge >= 0.3 is 11.9 Å². The van der Waals surface area contributed by atoms with E-state index in [9.17, 15) is 9.59 Å². The maximum absolute atomic E-state index is 12.4. The second kappa shape index (κ2) is 34.4. The largest absolute Gasteiger partial charge is 0.481 e. The number of esters is 1. The van der Waals surface area contributed by atoms with E-state index < -0.39 is 5.97 Å². The third kappa shape index (κ3) is 33.4. The van der Waals surface area contributed by atoms with Gasteiger partial charge in [0.1, 0.15) is 6.10 Å². The zero-order valence-electron chi connectivity index (χ0n) is 28.6. The van der Waals surface area contributed by atoms with Crippen LogP contribution in [0.3, 0.4) is 0 Å². The predicted octanol–water partition coefficient (Wildman–Crippen LogP) is 12.9. The Bertz CT molecular complexity index is 561. The van der Waals surface area contributed by atoms with Gasteiger partial charge in [-0.15, -0.1) is 0 Å². The maximum Gasteiger partial charge on any atom is 0.306 e. The van der Waals surface area contributed by atoms with Crippen LogP contribution < -0.4 is 0 Å². The molecule has 0 saturated heterocycles. The van der Waals surface area contributed by atoms with Gasteiger partial charge in [-0.2, -0.15) is 0 Å². The van der Waals surface area contributed by atoms with Crippen molar-refractivity contribution in [2.45, 2.75) is 232 Å². The van der Waals surface area contributed by atoms with Crippen LogP contribution in [0.1, 0.15) is 226 Å². The Morgan fingerprint density at radius 2 is 0.762 bits per heavy atom. The summed E-state index contributed by atoms with van der Waals surface area (Å²) in [6.45, 7) is 4.47. The van der Waals surface area contributed by atoms with Gasteiger partial charge < -0.3 is 9.84 Å². The van der Waals surface area contributed by atoms with E-state index in [2.05, 4.69) is 13.8 Å². The summed E-state index contributed by atoms with van der Waals surface area (Å²) in [6, 6.07) is 0. The van der Waals surface area contributed by atoms with E-state index in [1.807, 2.05) is 0 Å². The zero-order valence-corrected chi connectivity index (χ0v) is 28.6. The molecule has 0 fully saturated rings. The number of carboxylic acid groups (broad SMARTS) is 1. The summed E-state index contributed by atoms with van der Waals surface area (Å²) < 4.78 is 5.87. The lowest BCUT2D eigenvalue weighted by molar-refractivity contribution is -0.150. The molecule has 0 aliphatic rings. The fraction of sp³-hybridized carbons (Fsp3) is 0.947. The SMILES string of the molecule is CCCCCCCCCCCCCCCCCC(=O)OC(CCC)CCCCCCCCCCCCCCCC(=O)O. The minimum absolute atomic E-state index is 0.0309. The van der Waals surface area contributed by atoms with Crippen LogP contribution in [0, 0.1) is 0 Å². The fourth-order valence-corrected chi connectivity index (χ4v) is 6.06. The smallest absolute Gasteiger partial charge is 0.306 e. The second-order valence-electron chi connectivity index (χ2n) is 13.1. The standard InChI is InChI=1S/C38H74O4/c1-3-5-6-7-8-9-10-11-12-16-19-22-25-28-31-35-38(41)42-36(32-4-2)33-29-26-23-20-17-14-13-15-18-21-24-27-30-34-37(39)40/h36H,3-35H2,1-2H3,(H,39,40). The van der Waals surface area contributed by atoms with Crippen LogP contribution in [-0.2, 0) is 14.3 Å². The normalized spacial score (nSPS) is 12.0. The molecular formula is C38H74O4. The van der Waals surface area contributed by atoms with Crippen molar-refractivity contribution in [2.24, 2.45) is 0 Å². The summed E-state index contributed by atoms with van der Waals surface area (Å²) in [5, 5.41) is 8.65. The Kier molecular flexibility index (Phi) is 33.6. The van der Waals surface area contributed by atoms with Crippen molar-refractivity contribution in [1.29, 1.82) is 0 Å². The van der Waals surface area contributed by atoms with Crippen LogP contribution in [0.2, 0.25) is 0 Å². The highest BCUT2D eigenvalue weighted by molar-refractivity contribution is 5.69. The summed E-state index contributed by atoms with van der Waals surface area (Å²) in [4.78, 5) is 22.9. The Morgan fingerprint density at radius 1 is 0.429 bits per heavy atom. The third-order valence-electron chi connectivity index (χ3n) is 8.81. The van der Waals surface area contributed by atoms with Crippen LogP contribution in [0.25, 0.3) is 0 Å². The quantitative estimate of drug-likeness (QED) is 0.0585. The zero-order chi connectivity index (χ0) is 30.8. The van der Waals surface area contributed by atoms with Gasteiger partial charge in [-0.1, -0.05) is 181 Å². The van der Waals surface area contributed by atoms with Gasteiger partial charge in [-0.25, -0.2) is 0 Å². The lowest BCUT2D eigenvalue weighted by Crippen LogP contribution is -2.18. The number of carbonyl (C=O) groups excluding carboxylic acids is 1. The van der Waals surface area contributed by atoms with Crippen molar-refractivity contribution < 1.29 is 19.4 Å². The summed E-state index contributed by atoms with van der Waals surface area (Å²) in [6.07, 6.45) is 40.4. The molecule has 0 spiro atoms. The number of ether oxygens (including phenoxy) is 1. The molecule has 0 heterocycles. The molecule has 1 unspecified atom stereocenters. The highest BCUT2D eigenvalue weighted by Crippen LogP contribution is 2.18. The van der Waals surface area contributed by atoms with Gasteiger partial charge in [0.2, 0.25) is 0 Å². The van der Waals surface area contributed by atoms with Crippen LogP contribution in [0.4, 0.5) is 0 Å².